The van der Waals surface area contributed by atoms with Crippen molar-refractivity contribution < 1.29 is 23.9 Å². The van der Waals surface area contributed by atoms with Crippen molar-refractivity contribution in [3.05, 3.63) is 29.3 Å². The van der Waals surface area contributed by atoms with Gasteiger partial charge in [-0.2, -0.15) is 0 Å². The maximum atomic E-state index is 12.5. The van der Waals surface area contributed by atoms with Crippen molar-refractivity contribution in [2.45, 2.75) is 38.9 Å². The molecule has 0 aliphatic carbocycles. The number of imide groups is 1. The van der Waals surface area contributed by atoms with Gasteiger partial charge in [-0.1, -0.05) is 19.1 Å². The van der Waals surface area contributed by atoms with Gasteiger partial charge < -0.3 is 14.8 Å². The van der Waals surface area contributed by atoms with Gasteiger partial charge >= 0.3 is 12.0 Å². The van der Waals surface area contributed by atoms with Crippen LogP contribution in [0, 0.1) is 0 Å². The van der Waals surface area contributed by atoms with E-state index in [2.05, 4.69) is 5.32 Å². The molecule has 2 heterocycles. The second-order valence-corrected chi connectivity index (χ2v) is 6.10. The number of fused-ring (bicyclic) bond motifs is 1. The average Bonchev–Trinajstić information content (AvgIpc) is 3.10. The van der Waals surface area contributed by atoms with Crippen molar-refractivity contribution in [1.82, 2.24) is 10.2 Å². The lowest BCUT2D eigenvalue weighted by atomic mass is 9.97. The van der Waals surface area contributed by atoms with E-state index < -0.39 is 24.0 Å². The predicted molar refractivity (Wildman–Crippen MR) is 84.9 cm³/mol. The fourth-order valence-electron chi connectivity index (χ4n) is 2.92. The van der Waals surface area contributed by atoms with E-state index in [1.807, 2.05) is 19.9 Å². The van der Waals surface area contributed by atoms with Crippen LogP contribution in [-0.4, -0.2) is 48.1 Å². The number of nitrogens with zero attached hydrogens (tertiary/aromatic N) is 1. The molecule has 0 radical (unpaired) electrons. The van der Waals surface area contributed by atoms with Gasteiger partial charge in [0, 0.05) is 24.6 Å². The third-order valence-electron chi connectivity index (χ3n) is 4.52. The van der Waals surface area contributed by atoms with Gasteiger partial charge in [-0.3, -0.25) is 9.69 Å². The summed E-state index contributed by atoms with van der Waals surface area (Å²) in [5, 5.41) is 2.54. The lowest BCUT2D eigenvalue weighted by Gasteiger charge is -2.18. The molecule has 1 fully saturated rings. The number of carbonyl (C=O) groups is 3. The Morgan fingerprint density at radius 2 is 2.12 bits per heavy atom. The van der Waals surface area contributed by atoms with Crippen LogP contribution in [0.3, 0.4) is 0 Å². The summed E-state index contributed by atoms with van der Waals surface area (Å²) < 4.78 is 11.0. The molecule has 3 rings (SSSR count). The maximum absolute atomic E-state index is 12.5. The van der Waals surface area contributed by atoms with Crippen molar-refractivity contribution in [2.75, 3.05) is 13.1 Å². The van der Waals surface area contributed by atoms with Crippen molar-refractivity contribution in [1.29, 1.82) is 0 Å². The molecule has 0 aromatic heterocycles. The van der Waals surface area contributed by atoms with Crippen LogP contribution < -0.4 is 10.1 Å². The number of carbonyl (C=O) groups excluding carboxylic acids is 3. The number of hydrogen-bond donors (Lipinski definition) is 1. The Kier molecular flexibility index (Phi) is 4.17. The summed E-state index contributed by atoms with van der Waals surface area (Å²) in [7, 11) is 0. The summed E-state index contributed by atoms with van der Waals surface area (Å²) in [5.74, 6) is -0.469. The number of benzene rings is 1. The second-order valence-electron chi connectivity index (χ2n) is 6.10. The molecule has 1 aromatic carbocycles. The predicted octanol–water partition coefficient (Wildman–Crippen LogP) is 1.67. The largest absolute Gasteiger partial charge is 0.489 e. The van der Waals surface area contributed by atoms with Gasteiger partial charge in [-0.05, 0) is 19.9 Å². The molecular weight excluding hydrogens is 312 g/mol. The van der Waals surface area contributed by atoms with Gasteiger partial charge in [0.15, 0.2) is 6.10 Å². The molecular formula is C17H20N2O5. The topological polar surface area (TPSA) is 84.9 Å². The van der Waals surface area contributed by atoms with Gasteiger partial charge in [-0.15, -0.1) is 0 Å². The maximum Gasteiger partial charge on any atom is 0.342 e. The molecule has 1 saturated heterocycles. The molecule has 128 valence electrons. The molecule has 3 amide bonds. The third-order valence-corrected chi connectivity index (χ3v) is 4.52. The van der Waals surface area contributed by atoms with Crippen LogP contribution in [-0.2, 0) is 9.53 Å². The van der Waals surface area contributed by atoms with E-state index in [4.69, 9.17) is 9.47 Å². The molecule has 2 aliphatic rings. The molecule has 24 heavy (non-hydrogen) atoms. The number of ether oxygens (including phenoxy) is 2. The minimum Gasteiger partial charge on any atom is -0.489 e. The van der Waals surface area contributed by atoms with E-state index in [0.717, 1.165) is 10.5 Å². The first-order valence-electron chi connectivity index (χ1n) is 8.00. The highest BCUT2D eigenvalue weighted by molar-refractivity contribution is 6.00. The quantitative estimate of drug-likeness (QED) is 0.851. The summed E-state index contributed by atoms with van der Waals surface area (Å²) in [6.45, 7) is 6.11. The summed E-state index contributed by atoms with van der Waals surface area (Å²) in [5.41, 5.74) is 1.25. The Labute approximate surface area is 139 Å². The van der Waals surface area contributed by atoms with Gasteiger partial charge in [0.1, 0.15) is 17.4 Å². The standard InChI is InChI=1S/C17H20N2O5/c1-9-10(2)23-14-12(9)5-4-6-13(14)16(21)24-11(3)15(20)19-8-7-18-17(19)22/h4-6,9-11H,7-8H2,1-3H3,(H,18,22)/t9-,10-,11+/m1/s1. The van der Waals surface area contributed by atoms with E-state index in [0.29, 0.717) is 17.9 Å². The SMILES string of the molecule is C[C@H](OC(=O)c1cccc2c1O[C@H](C)[C@H]2C)C(=O)N1CCNC1=O. The Balaban J connectivity index is 1.74. The number of rotatable bonds is 3. The van der Waals surface area contributed by atoms with Crippen molar-refractivity contribution in [2.24, 2.45) is 0 Å². The summed E-state index contributed by atoms with van der Waals surface area (Å²) in [4.78, 5) is 37.3. The first kappa shape index (κ1) is 16.3. The van der Waals surface area contributed by atoms with Crippen molar-refractivity contribution in [3.8, 4) is 5.75 Å². The minimum absolute atomic E-state index is 0.0266. The normalized spacial score (nSPS) is 23.3. The lowest BCUT2D eigenvalue weighted by Crippen LogP contribution is -2.41. The van der Waals surface area contributed by atoms with Crippen LogP contribution >= 0.6 is 0 Å². The van der Waals surface area contributed by atoms with Crippen LogP contribution in [0.2, 0.25) is 0 Å². The van der Waals surface area contributed by atoms with Crippen molar-refractivity contribution in [3.63, 3.8) is 0 Å². The van der Waals surface area contributed by atoms with Gasteiger partial charge in [-0.25, -0.2) is 9.59 Å². The zero-order valence-corrected chi connectivity index (χ0v) is 13.9. The molecule has 0 bridgehead atoms. The van der Waals surface area contributed by atoms with E-state index in [9.17, 15) is 14.4 Å². The van der Waals surface area contributed by atoms with Crippen LogP contribution in [0.4, 0.5) is 4.79 Å². The number of esters is 1. The van der Waals surface area contributed by atoms with Crippen LogP contribution in [0.1, 0.15) is 42.6 Å². The Morgan fingerprint density at radius 1 is 1.38 bits per heavy atom. The fraction of sp³-hybridized carbons (Fsp3) is 0.471. The van der Waals surface area contributed by atoms with Crippen molar-refractivity contribution >= 4 is 17.9 Å². The minimum atomic E-state index is -1.05. The fourth-order valence-corrected chi connectivity index (χ4v) is 2.92. The summed E-state index contributed by atoms with van der Waals surface area (Å²) in [6.07, 6.45) is -1.07. The molecule has 7 heteroatoms. The first-order chi connectivity index (χ1) is 11.4. The van der Waals surface area contributed by atoms with Gasteiger partial charge in [0.25, 0.3) is 5.91 Å². The monoisotopic (exact) mass is 332 g/mol. The highest BCUT2D eigenvalue weighted by Gasteiger charge is 2.34. The highest BCUT2D eigenvalue weighted by Crippen LogP contribution is 2.40. The first-order valence-corrected chi connectivity index (χ1v) is 8.00. The van der Waals surface area contributed by atoms with Crippen LogP contribution in [0.15, 0.2) is 18.2 Å². The summed E-state index contributed by atoms with van der Waals surface area (Å²) >= 11 is 0. The van der Waals surface area contributed by atoms with E-state index in [-0.39, 0.29) is 18.6 Å². The molecule has 7 nitrogen and oxygen atoms in total. The van der Waals surface area contributed by atoms with E-state index in [1.165, 1.54) is 6.92 Å². The molecule has 0 saturated carbocycles. The van der Waals surface area contributed by atoms with Crippen LogP contribution in [0.5, 0.6) is 5.75 Å². The molecule has 1 aromatic rings. The molecule has 3 atom stereocenters. The summed E-state index contributed by atoms with van der Waals surface area (Å²) in [6, 6.07) is 4.84. The number of amides is 3. The van der Waals surface area contributed by atoms with Gasteiger partial charge in [0.2, 0.25) is 0 Å². The highest BCUT2D eigenvalue weighted by atomic mass is 16.6. The third kappa shape index (κ3) is 2.70. The molecule has 0 spiro atoms. The zero-order chi connectivity index (χ0) is 17.4. The Bertz CT molecular complexity index is 702. The van der Waals surface area contributed by atoms with E-state index in [1.54, 1.807) is 12.1 Å². The number of hydrogen-bond acceptors (Lipinski definition) is 5. The Hall–Kier alpha value is -2.57. The van der Waals surface area contributed by atoms with Crippen LogP contribution in [0.25, 0.3) is 0 Å². The average molecular weight is 332 g/mol. The molecule has 2 aliphatic heterocycles. The molecule has 1 N–H and O–H groups in total. The van der Waals surface area contributed by atoms with E-state index >= 15 is 0 Å². The number of nitrogens with one attached hydrogen (secondary N) is 1. The zero-order valence-electron chi connectivity index (χ0n) is 13.9. The lowest BCUT2D eigenvalue weighted by molar-refractivity contribution is -0.136. The number of para-hydroxylation sites is 1. The van der Waals surface area contributed by atoms with Gasteiger partial charge in [0.05, 0.1) is 0 Å². The smallest absolute Gasteiger partial charge is 0.342 e. The Morgan fingerprint density at radius 3 is 2.79 bits per heavy atom. The second kappa shape index (κ2) is 6.14. The molecule has 0 unspecified atom stereocenters. The number of urea groups is 1.